The van der Waals surface area contributed by atoms with E-state index in [2.05, 4.69) is 101 Å². The van der Waals surface area contributed by atoms with Crippen LogP contribution in [0.25, 0.3) is 0 Å². The van der Waals surface area contributed by atoms with Crippen molar-refractivity contribution in [2.24, 2.45) is 0 Å². The van der Waals surface area contributed by atoms with Crippen LogP contribution in [0.4, 0.5) is 0 Å². The van der Waals surface area contributed by atoms with Gasteiger partial charge in [0.1, 0.15) is 19.3 Å². The smallest absolute Gasteiger partial charge is 0.462 e. The summed E-state index contributed by atoms with van der Waals surface area (Å²) < 4.78 is 68.4. The minimum atomic E-state index is -4.99. The van der Waals surface area contributed by atoms with Crippen LogP contribution in [0.2, 0.25) is 0 Å². The van der Waals surface area contributed by atoms with Gasteiger partial charge in [-0.15, -0.1) is 0 Å². The molecule has 0 aliphatic carbocycles. The molecule has 0 fully saturated rings. The Kier molecular flexibility index (Phi) is 68.9. The van der Waals surface area contributed by atoms with E-state index < -0.39 is 97.5 Å². The van der Waals surface area contributed by atoms with Crippen LogP contribution in [0.5, 0.6) is 0 Å². The highest BCUT2D eigenvalue weighted by Crippen LogP contribution is 2.45. The second-order valence-electron chi connectivity index (χ2n) is 26.0. The Balaban J connectivity index is 5.40. The molecule has 2 unspecified atom stereocenters. The van der Waals surface area contributed by atoms with Gasteiger partial charge < -0.3 is 33.8 Å². The number of allylic oxidation sites excluding steroid dienone is 14. The number of phosphoric ester groups is 2. The lowest BCUT2D eigenvalue weighted by Gasteiger charge is -2.21. The molecule has 3 N–H and O–H groups in total. The topological polar surface area (TPSA) is 237 Å². The van der Waals surface area contributed by atoms with Crippen LogP contribution < -0.4 is 0 Å². The third-order valence-corrected chi connectivity index (χ3v) is 18.3. The van der Waals surface area contributed by atoms with E-state index in [4.69, 9.17) is 37.0 Å². The van der Waals surface area contributed by atoms with Crippen LogP contribution in [0.3, 0.4) is 0 Å². The average molecular weight is 1420 g/mol. The third kappa shape index (κ3) is 70.7. The summed E-state index contributed by atoms with van der Waals surface area (Å²) in [6.45, 7) is 4.75. The van der Waals surface area contributed by atoms with Gasteiger partial charge in [-0.2, -0.15) is 0 Å². The molecule has 0 amide bonds. The predicted molar refractivity (Wildman–Crippen MR) is 399 cm³/mol. The van der Waals surface area contributed by atoms with Crippen LogP contribution in [-0.4, -0.2) is 96.7 Å². The summed E-state index contributed by atoms with van der Waals surface area (Å²) in [6, 6.07) is 0. The highest BCUT2D eigenvalue weighted by atomic mass is 31.2. The van der Waals surface area contributed by atoms with Gasteiger partial charge in [-0.3, -0.25) is 37.3 Å². The zero-order chi connectivity index (χ0) is 71.8. The van der Waals surface area contributed by atoms with E-state index >= 15 is 0 Å². The lowest BCUT2D eigenvalue weighted by atomic mass is 10.0. The average Bonchev–Trinajstić information content (AvgIpc) is 1.02. The van der Waals surface area contributed by atoms with Gasteiger partial charge in [0, 0.05) is 25.7 Å². The molecule has 0 saturated heterocycles. The molecule has 0 aliphatic heterocycles. The molecule has 0 aromatic heterocycles. The van der Waals surface area contributed by atoms with Gasteiger partial charge in [0.25, 0.3) is 0 Å². The summed E-state index contributed by atoms with van der Waals surface area (Å²) in [4.78, 5) is 72.8. The fourth-order valence-electron chi connectivity index (χ4n) is 10.4. The highest BCUT2D eigenvalue weighted by molar-refractivity contribution is 7.47. The number of hydrogen-bond acceptors (Lipinski definition) is 15. The zero-order valence-corrected chi connectivity index (χ0v) is 63.7. The quantitative estimate of drug-likeness (QED) is 0.0128. The van der Waals surface area contributed by atoms with Crippen LogP contribution in [0, 0.1) is 0 Å². The Morgan fingerprint density at radius 2 is 0.541 bits per heavy atom. The molecular formula is C79H140O17P2. The van der Waals surface area contributed by atoms with Crippen molar-refractivity contribution in [3.05, 3.63) is 85.1 Å². The summed E-state index contributed by atoms with van der Waals surface area (Å²) in [6.07, 6.45) is 72.9. The molecule has 0 radical (unpaired) electrons. The number of aliphatic hydroxyl groups excluding tert-OH is 1. The van der Waals surface area contributed by atoms with E-state index in [1.165, 1.54) is 128 Å². The van der Waals surface area contributed by atoms with Gasteiger partial charge in [-0.25, -0.2) is 9.13 Å². The summed E-state index contributed by atoms with van der Waals surface area (Å²) in [7, 11) is -9.96. The van der Waals surface area contributed by atoms with Crippen LogP contribution >= 0.6 is 15.6 Å². The third-order valence-electron chi connectivity index (χ3n) is 16.4. The van der Waals surface area contributed by atoms with Crippen molar-refractivity contribution in [3.63, 3.8) is 0 Å². The van der Waals surface area contributed by atoms with Gasteiger partial charge in [0.2, 0.25) is 0 Å². The van der Waals surface area contributed by atoms with Crippen molar-refractivity contribution in [1.82, 2.24) is 0 Å². The first-order valence-corrected chi connectivity index (χ1v) is 41.8. The molecule has 0 saturated carbocycles. The number of unbranched alkanes of at least 4 members (excludes halogenated alkanes) is 34. The molecule has 5 atom stereocenters. The number of aliphatic hydroxyl groups is 1. The Morgan fingerprint density at radius 3 is 0.908 bits per heavy atom. The molecule has 0 bridgehead atoms. The van der Waals surface area contributed by atoms with Gasteiger partial charge in [0.05, 0.1) is 26.4 Å². The second-order valence-corrected chi connectivity index (χ2v) is 28.9. The number of rotatable bonds is 73. The number of esters is 4. The molecular weight excluding hydrogens is 1280 g/mol. The van der Waals surface area contributed by atoms with E-state index in [1.807, 2.05) is 12.2 Å². The Hall–Kier alpha value is -3.76. The number of hydrogen-bond donors (Lipinski definition) is 3. The van der Waals surface area contributed by atoms with Gasteiger partial charge >= 0.3 is 39.5 Å². The minimum Gasteiger partial charge on any atom is -0.462 e. The summed E-state index contributed by atoms with van der Waals surface area (Å²) >= 11 is 0. The molecule has 17 nitrogen and oxygen atoms in total. The van der Waals surface area contributed by atoms with Crippen molar-refractivity contribution in [3.8, 4) is 0 Å². The summed E-state index contributed by atoms with van der Waals surface area (Å²) in [5.74, 6) is -2.25. The van der Waals surface area contributed by atoms with E-state index in [0.717, 1.165) is 122 Å². The van der Waals surface area contributed by atoms with Crippen LogP contribution in [0.15, 0.2) is 85.1 Å². The highest BCUT2D eigenvalue weighted by Gasteiger charge is 2.30. The minimum absolute atomic E-state index is 0.0168. The molecule has 0 spiro atoms. The molecule has 0 aromatic carbocycles. The summed E-state index contributed by atoms with van der Waals surface area (Å²) in [5, 5.41) is 10.6. The number of carbonyl (C=O) groups excluding carboxylic acids is 4. The van der Waals surface area contributed by atoms with Crippen LogP contribution in [-0.2, 0) is 65.4 Å². The molecule has 0 aromatic rings. The SMILES string of the molecule is CCCCC/C=C\C/C=C\C/C=C\C/C=C\CCCC(=O)O[C@H](COC(=O)CCCCCCC/C=C\C=C/CCCCCC)COP(=O)(O)OC[C@H](O)COP(=O)(O)OC[C@@H](COC(=O)CCCCCCCCCCCCCCC)OC(=O)CCCCCCC/C=C\CCCCCC. The lowest BCUT2D eigenvalue weighted by molar-refractivity contribution is -0.161. The predicted octanol–water partition coefficient (Wildman–Crippen LogP) is 22.2. The Morgan fingerprint density at radius 1 is 0.296 bits per heavy atom. The molecule has 0 aliphatic rings. The van der Waals surface area contributed by atoms with Gasteiger partial charge in [-0.1, -0.05) is 280 Å². The van der Waals surface area contributed by atoms with Crippen molar-refractivity contribution < 1.29 is 80.2 Å². The first-order chi connectivity index (χ1) is 47.7. The molecule has 0 rings (SSSR count). The molecule has 568 valence electrons. The fourth-order valence-corrected chi connectivity index (χ4v) is 12.0. The van der Waals surface area contributed by atoms with E-state index in [-0.39, 0.29) is 25.7 Å². The normalized spacial score (nSPS) is 14.4. The second kappa shape index (κ2) is 71.6. The Labute approximate surface area is 595 Å². The van der Waals surface area contributed by atoms with Gasteiger partial charge in [0.15, 0.2) is 12.2 Å². The standard InChI is InChI=1S/C79H140O17P2/c1-5-9-13-17-21-25-29-33-35-36-38-42-46-50-54-58-62-66-79(84)96-75(70-90-77(82)64-60-56-52-48-44-41-37-34-30-26-22-18-14-10-6-2)72-94-98(87,88)92-68-73(80)67-91-97(85,86)93-71-74(95-78(83)65-61-57-53-49-45-40-32-28-24-20-16-12-8-4)69-89-76(81)63-59-55-51-47-43-39-31-27-23-19-15-11-7-3/h21,25-26,28,30,32-35,37-38,42,50,54,73-75,80H,5-20,22-24,27,29,31,36,39-41,43-49,51-53,55-72H2,1-4H3,(H,85,86)(H,87,88)/b25-21-,30-26-,32-28-,35-33-,37-34-,42-38-,54-50-/t73-,74-,75-/m1/s1. The van der Waals surface area contributed by atoms with Crippen molar-refractivity contribution in [1.29, 1.82) is 0 Å². The summed E-state index contributed by atoms with van der Waals surface area (Å²) in [5.41, 5.74) is 0. The van der Waals surface area contributed by atoms with E-state index in [1.54, 1.807) is 0 Å². The first kappa shape index (κ1) is 94.2. The number of carbonyl (C=O) groups is 4. The maximum Gasteiger partial charge on any atom is 0.472 e. The van der Waals surface area contributed by atoms with E-state index in [0.29, 0.717) is 32.1 Å². The van der Waals surface area contributed by atoms with Crippen LogP contribution in [0.1, 0.15) is 336 Å². The van der Waals surface area contributed by atoms with E-state index in [9.17, 15) is 43.2 Å². The van der Waals surface area contributed by atoms with Crippen molar-refractivity contribution in [2.75, 3.05) is 39.6 Å². The number of phosphoric acid groups is 2. The van der Waals surface area contributed by atoms with Crippen molar-refractivity contribution >= 4 is 39.5 Å². The fraction of sp³-hybridized carbons (Fsp3) is 0.772. The first-order valence-electron chi connectivity index (χ1n) is 38.8. The maximum atomic E-state index is 13.1. The Bertz CT molecular complexity index is 2190. The van der Waals surface area contributed by atoms with Crippen molar-refractivity contribution in [2.45, 2.75) is 354 Å². The zero-order valence-electron chi connectivity index (χ0n) is 62.0. The maximum absolute atomic E-state index is 13.1. The lowest BCUT2D eigenvalue weighted by Crippen LogP contribution is -2.30. The monoisotopic (exact) mass is 1420 g/mol. The largest absolute Gasteiger partial charge is 0.472 e. The number of ether oxygens (including phenoxy) is 4. The molecule has 19 heteroatoms. The molecule has 0 heterocycles. The van der Waals surface area contributed by atoms with Gasteiger partial charge in [-0.05, 0) is 116 Å². The molecule has 98 heavy (non-hydrogen) atoms.